The van der Waals surface area contributed by atoms with Crippen molar-refractivity contribution < 1.29 is 19.1 Å². The lowest BCUT2D eigenvalue weighted by Crippen LogP contribution is -2.36. The second-order valence-electron chi connectivity index (χ2n) is 7.39. The van der Waals surface area contributed by atoms with E-state index in [1.807, 2.05) is 20.8 Å². The Bertz CT molecular complexity index is 906. The zero-order chi connectivity index (χ0) is 19.1. The molecule has 1 amide bonds. The molecule has 1 saturated heterocycles. The van der Waals surface area contributed by atoms with Gasteiger partial charge in [-0.15, -0.1) is 0 Å². The number of aromatic amines is 1. The number of hydrogen-bond donors (Lipinski definition) is 1. The number of amides is 1. The van der Waals surface area contributed by atoms with Crippen LogP contribution in [0, 0.1) is 0 Å². The molecule has 1 fully saturated rings. The molecule has 8 nitrogen and oxygen atoms in total. The van der Waals surface area contributed by atoms with Gasteiger partial charge in [-0.3, -0.25) is 4.57 Å². The van der Waals surface area contributed by atoms with Gasteiger partial charge in [-0.1, -0.05) is 0 Å². The van der Waals surface area contributed by atoms with Gasteiger partial charge in [0.2, 0.25) is 0 Å². The molecule has 1 aliphatic heterocycles. The first-order valence-corrected chi connectivity index (χ1v) is 8.50. The van der Waals surface area contributed by atoms with E-state index in [9.17, 15) is 14.4 Å². The Morgan fingerprint density at radius 3 is 2.65 bits per heavy atom. The van der Waals surface area contributed by atoms with Gasteiger partial charge in [0.25, 0.3) is 0 Å². The second kappa shape index (κ2) is 6.51. The number of rotatable bonds is 2. The highest BCUT2D eigenvalue weighted by atomic mass is 16.6. The minimum Gasteiger partial charge on any atom is -0.465 e. The fraction of sp³-hybridized carbons (Fsp3) is 0.500. The summed E-state index contributed by atoms with van der Waals surface area (Å²) in [6.07, 6.45) is 0.248. The van der Waals surface area contributed by atoms with Crippen molar-refractivity contribution in [2.45, 2.75) is 38.8 Å². The zero-order valence-electron chi connectivity index (χ0n) is 15.4. The molecule has 26 heavy (non-hydrogen) atoms. The number of methoxy groups -OCH3 is 1. The highest BCUT2D eigenvalue weighted by molar-refractivity contribution is 5.93. The number of nitrogens with one attached hydrogen (secondary N) is 1. The Morgan fingerprint density at radius 2 is 2.00 bits per heavy atom. The van der Waals surface area contributed by atoms with Crippen molar-refractivity contribution in [2.24, 2.45) is 0 Å². The van der Waals surface area contributed by atoms with Crippen molar-refractivity contribution in [2.75, 3.05) is 20.2 Å². The van der Waals surface area contributed by atoms with Crippen LogP contribution in [0.15, 0.2) is 23.0 Å². The van der Waals surface area contributed by atoms with Crippen LogP contribution >= 0.6 is 0 Å². The summed E-state index contributed by atoms with van der Waals surface area (Å²) in [4.78, 5) is 40.9. The molecule has 0 unspecified atom stereocenters. The Labute approximate surface area is 150 Å². The highest BCUT2D eigenvalue weighted by Gasteiger charge is 2.32. The number of nitrogens with zero attached hydrogens (tertiary/aromatic N) is 2. The lowest BCUT2D eigenvalue weighted by Gasteiger charge is -2.24. The van der Waals surface area contributed by atoms with Crippen molar-refractivity contribution in [3.63, 3.8) is 0 Å². The highest BCUT2D eigenvalue weighted by Crippen LogP contribution is 2.26. The third-order valence-corrected chi connectivity index (χ3v) is 4.32. The molecule has 1 N–H and O–H groups in total. The van der Waals surface area contributed by atoms with Crippen LogP contribution in [0.5, 0.6) is 0 Å². The fourth-order valence-electron chi connectivity index (χ4n) is 3.17. The summed E-state index contributed by atoms with van der Waals surface area (Å²) in [5, 5.41) is 0. The van der Waals surface area contributed by atoms with Crippen molar-refractivity contribution in [3.8, 4) is 0 Å². The van der Waals surface area contributed by atoms with Crippen molar-refractivity contribution in [1.29, 1.82) is 0 Å². The molecule has 0 spiro atoms. The van der Waals surface area contributed by atoms with E-state index >= 15 is 0 Å². The van der Waals surface area contributed by atoms with E-state index in [1.165, 1.54) is 7.11 Å². The Hall–Kier alpha value is -2.77. The maximum absolute atomic E-state index is 12.4. The molecule has 8 heteroatoms. The van der Waals surface area contributed by atoms with Crippen LogP contribution in [0.25, 0.3) is 11.0 Å². The zero-order valence-corrected chi connectivity index (χ0v) is 15.4. The Balaban J connectivity index is 1.89. The van der Waals surface area contributed by atoms with E-state index in [0.29, 0.717) is 36.1 Å². The van der Waals surface area contributed by atoms with Crippen LogP contribution in [0.3, 0.4) is 0 Å². The lowest BCUT2D eigenvalue weighted by molar-refractivity contribution is 0.0289. The van der Waals surface area contributed by atoms with Crippen LogP contribution in [-0.2, 0) is 9.47 Å². The largest absolute Gasteiger partial charge is 0.465 e. The molecular formula is C18H23N3O5. The molecular weight excluding hydrogens is 338 g/mol. The molecule has 1 atom stereocenters. The number of imidazole rings is 1. The minimum atomic E-state index is -0.567. The first kappa shape index (κ1) is 18.0. The van der Waals surface area contributed by atoms with E-state index in [1.54, 1.807) is 27.7 Å². The number of carbonyl (C=O) groups is 2. The van der Waals surface area contributed by atoms with Gasteiger partial charge in [-0.25, -0.2) is 14.4 Å². The predicted octanol–water partition coefficient (Wildman–Crippen LogP) is 2.30. The van der Waals surface area contributed by atoms with Gasteiger partial charge in [0.05, 0.1) is 29.7 Å². The molecule has 1 aromatic carbocycles. The molecule has 3 rings (SSSR count). The topological polar surface area (TPSA) is 93.6 Å². The predicted molar refractivity (Wildman–Crippen MR) is 95.4 cm³/mol. The number of hydrogen-bond acceptors (Lipinski definition) is 5. The summed E-state index contributed by atoms with van der Waals surface area (Å²) in [7, 11) is 1.31. The van der Waals surface area contributed by atoms with Crippen molar-refractivity contribution >= 4 is 23.1 Å². The van der Waals surface area contributed by atoms with Crippen LogP contribution < -0.4 is 5.69 Å². The van der Waals surface area contributed by atoms with Crippen LogP contribution in [0.4, 0.5) is 4.79 Å². The van der Waals surface area contributed by atoms with Gasteiger partial charge in [-0.2, -0.15) is 0 Å². The third-order valence-electron chi connectivity index (χ3n) is 4.32. The number of ether oxygens (including phenoxy) is 2. The van der Waals surface area contributed by atoms with Gasteiger partial charge in [-0.05, 0) is 45.4 Å². The summed E-state index contributed by atoms with van der Waals surface area (Å²) in [5.41, 5.74) is 0.794. The number of H-pyrrole nitrogens is 1. The van der Waals surface area contributed by atoms with Crippen LogP contribution in [0.1, 0.15) is 43.6 Å². The maximum atomic E-state index is 12.4. The average molecular weight is 361 g/mol. The van der Waals surface area contributed by atoms with E-state index in [4.69, 9.17) is 9.47 Å². The van der Waals surface area contributed by atoms with E-state index < -0.39 is 11.6 Å². The number of esters is 1. The van der Waals surface area contributed by atoms with E-state index in [0.717, 1.165) is 0 Å². The number of fused-ring (bicyclic) bond motifs is 1. The number of aromatic nitrogens is 2. The Morgan fingerprint density at radius 1 is 1.27 bits per heavy atom. The first-order valence-electron chi connectivity index (χ1n) is 8.50. The number of carbonyl (C=O) groups excluding carboxylic acids is 2. The normalized spacial score (nSPS) is 17.5. The standard InChI is InChI=1S/C18H23N3O5/c1-18(2,3)26-17(24)20-8-7-12(10-20)21-14-9-11(15(22)25-4)5-6-13(14)19-16(21)23/h5-6,9,12H,7-8,10H2,1-4H3,(H,19,23)/t12-/m1/s1. The molecule has 0 saturated carbocycles. The number of likely N-dealkylation sites (tertiary alicyclic amines) is 1. The number of benzene rings is 1. The van der Waals surface area contributed by atoms with Crippen molar-refractivity contribution in [3.05, 3.63) is 34.2 Å². The SMILES string of the molecule is COC(=O)c1ccc2[nH]c(=O)n([C@@H]3CCN(C(=O)OC(C)(C)C)C3)c2c1. The molecule has 0 aliphatic carbocycles. The molecule has 2 heterocycles. The summed E-state index contributed by atoms with van der Waals surface area (Å²) in [6.45, 7) is 6.34. The lowest BCUT2D eigenvalue weighted by atomic mass is 10.2. The quantitative estimate of drug-likeness (QED) is 0.829. The van der Waals surface area contributed by atoms with Gasteiger partial charge < -0.3 is 19.4 Å². The van der Waals surface area contributed by atoms with Gasteiger partial charge >= 0.3 is 17.8 Å². The summed E-state index contributed by atoms with van der Waals surface area (Å²) in [6, 6.07) is 4.74. The van der Waals surface area contributed by atoms with E-state index in [-0.39, 0.29) is 17.8 Å². The molecule has 0 radical (unpaired) electrons. The van der Waals surface area contributed by atoms with Gasteiger partial charge in [0.1, 0.15) is 5.60 Å². The molecule has 1 aromatic heterocycles. The monoisotopic (exact) mass is 361 g/mol. The third kappa shape index (κ3) is 3.44. The summed E-state index contributed by atoms with van der Waals surface area (Å²) >= 11 is 0. The maximum Gasteiger partial charge on any atom is 0.410 e. The minimum absolute atomic E-state index is 0.184. The summed E-state index contributed by atoms with van der Waals surface area (Å²) in [5.74, 6) is -0.464. The molecule has 1 aliphatic rings. The average Bonchev–Trinajstić information content (AvgIpc) is 3.15. The molecule has 140 valence electrons. The summed E-state index contributed by atoms with van der Waals surface area (Å²) < 4.78 is 11.8. The fourth-order valence-corrected chi connectivity index (χ4v) is 3.17. The first-order chi connectivity index (χ1) is 12.2. The Kier molecular flexibility index (Phi) is 4.52. The smallest absolute Gasteiger partial charge is 0.410 e. The van der Waals surface area contributed by atoms with Gasteiger partial charge in [0.15, 0.2) is 0 Å². The van der Waals surface area contributed by atoms with Crippen molar-refractivity contribution in [1.82, 2.24) is 14.5 Å². The molecule has 0 bridgehead atoms. The molecule has 2 aromatic rings. The van der Waals surface area contributed by atoms with Crippen LogP contribution in [0.2, 0.25) is 0 Å². The van der Waals surface area contributed by atoms with Crippen LogP contribution in [-0.4, -0.2) is 52.3 Å². The second-order valence-corrected chi connectivity index (χ2v) is 7.39. The van der Waals surface area contributed by atoms with Gasteiger partial charge in [0, 0.05) is 13.1 Å². The van der Waals surface area contributed by atoms with E-state index in [2.05, 4.69) is 4.98 Å².